The Morgan fingerprint density at radius 3 is 2.56 bits per heavy atom. The molecule has 0 aromatic heterocycles. The molecule has 16 heavy (non-hydrogen) atoms. The number of nitrogens with zero attached hydrogens (tertiary/aromatic N) is 1. The minimum absolute atomic E-state index is 0.226. The zero-order valence-electron chi connectivity index (χ0n) is 10.1. The Balaban J connectivity index is 2.17. The van der Waals surface area contributed by atoms with E-state index >= 15 is 0 Å². The molecule has 1 N–H and O–H groups in total. The van der Waals surface area contributed by atoms with Gasteiger partial charge in [-0.05, 0) is 26.0 Å². The largest absolute Gasteiger partial charge is 0.489 e. The van der Waals surface area contributed by atoms with Crippen molar-refractivity contribution in [1.29, 1.82) is 0 Å². The lowest BCUT2D eigenvalue weighted by Crippen LogP contribution is -2.43. The van der Waals surface area contributed by atoms with Crippen LogP contribution in [0.3, 0.4) is 0 Å². The van der Waals surface area contributed by atoms with E-state index in [0.717, 1.165) is 31.9 Å². The Hall–Kier alpha value is -1.22. The number of ether oxygens (including phenoxy) is 1. The molecule has 0 radical (unpaired) electrons. The number of hydrogen-bond acceptors (Lipinski definition) is 3. The molecule has 0 aliphatic carbocycles. The van der Waals surface area contributed by atoms with Gasteiger partial charge in [-0.2, -0.15) is 0 Å². The molecule has 1 heterocycles. The number of nitrogens with one attached hydrogen (secondary N) is 1. The van der Waals surface area contributed by atoms with Crippen LogP contribution in [0.4, 0.5) is 5.69 Å². The number of benzene rings is 1. The predicted octanol–water partition coefficient (Wildman–Crippen LogP) is 1.88. The summed E-state index contributed by atoms with van der Waals surface area (Å²) in [6, 6.07) is 8.30. The summed E-state index contributed by atoms with van der Waals surface area (Å²) in [4.78, 5) is 2.38. The van der Waals surface area contributed by atoms with Gasteiger partial charge in [0.15, 0.2) is 0 Å². The molecule has 0 amide bonds. The molecule has 1 aromatic rings. The molecular weight excluding hydrogens is 200 g/mol. The monoisotopic (exact) mass is 220 g/mol. The SMILES string of the molecule is CC(C)Oc1ccccc1N1CCNCC1. The summed E-state index contributed by atoms with van der Waals surface area (Å²) in [6.07, 6.45) is 0.226. The highest BCUT2D eigenvalue weighted by Crippen LogP contribution is 2.28. The minimum Gasteiger partial charge on any atom is -0.489 e. The van der Waals surface area contributed by atoms with Gasteiger partial charge in [-0.25, -0.2) is 0 Å². The van der Waals surface area contributed by atoms with E-state index in [2.05, 4.69) is 42.3 Å². The van der Waals surface area contributed by atoms with Crippen molar-refractivity contribution in [2.45, 2.75) is 20.0 Å². The first-order chi connectivity index (χ1) is 7.77. The van der Waals surface area contributed by atoms with Gasteiger partial charge in [0.2, 0.25) is 0 Å². The Labute approximate surface area is 97.4 Å². The van der Waals surface area contributed by atoms with Crippen molar-refractivity contribution in [3.63, 3.8) is 0 Å². The van der Waals surface area contributed by atoms with Crippen molar-refractivity contribution < 1.29 is 4.74 Å². The zero-order valence-corrected chi connectivity index (χ0v) is 10.1. The fourth-order valence-electron chi connectivity index (χ4n) is 1.98. The van der Waals surface area contributed by atoms with Crippen LogP contribution in [-0.4, -0.2) is 32.3 Å². The molecule has 1 saturated heterocycles. The number of hydrogen-bond donors (Lipinski definition) is 1. The van der Waals surface area contributed by atoms with Crippen LogP contribution in [-0.2, 0) is 0 Å². The summed E-state index contributed by atoms with van der Waals surface area (Å²) in [5.41, 5.74) is 1.22. The average Bonchev–Trinajstić information content (AvgIpc) is 2.30. The molecule has 0 spiro atoms. The highest BCUT2D eigenvalue weighted by Gasteiger charge is 2.14. The van der Waals surface area contributed by atoms with E-state index < -0.39 is 0 Å². The Morgan fingerprint density at radius 1 is 1.19 bits per heavy atom. The first-order valence-electron chi connectivity index (χ1n) is 5.99. The number of para-hydroxylation sites is 2. The molecule has 3 heteroatoms. The first kappa shape index (κ1) is 11.3. The van der Waals surface area contributed by atoms with Gasteiger partial charge < -0.3 is 15.0 Å². The summed E-state index contributed by atoms with van der Waals surface area (Å²) in [5, 5.41) is 3.36. The van der Waals surface area contributed by atoms with Crippen molar-refractivity contribution in [3.8, 4) is 5.75 Å². The smallest absolute Gasteiger partial charge is 0.142 e. The highest BCUT2D eigenvalue weighted by atomic mass is 16.5. The Kier molecular flexibility index (Phi) is 3.67. The van der Waals surface area contributed by atoms with Crippen molar-refractivity contribution in [2.24, 2.45) is 0 Å². The second-order valence-corrected chi connectivity index (χ2v) is 4.37. The Morgan fingerprint density at radius 2 is 1.88 bits per heavy atom. The fraction of sp³-hybridized carbons (Fsp3) is 0.538. The van der Waals surface area contributed by atoms with E-state index in [1.54, 1.807) is 0 Å². The third-order valence-corrected chi connectivity index (χ3v) is 2.69. The quantitative estimate of drug-likeness (QED) is 0.842. The van der Waals surface area contributed by atoms with Crippen LogP contribution in [0.2, 0.25) is 0 Å². The van der Waals surface area contributed by atoms with E-state index in [1.165, 1.54) is 5.69 Å². The summed E-state index contributed by atoms with van der Waals surface area (Å²) < 4.78 is 5.84. The molecule has 0 atom stereocenters. The third-order valence-electron chi connectivity index (χ3n) is 2.69. The van der Waals surface area contributed by atoms with Gasteiger partial charge in [-0.15, -0.1) is 0 Å². The fourth-order valence-corrected chi connectivity index (χ4v) is 1.98. The minimum atomic E-state index is 0.226. The molecule has 1 aliphatic heterocycles. The van der Waals surface area contributed by atoms with Crippen LogP contribution in [0.15, 0.2) is 24.3 Å². The second-order valence-electron chi connectivity index (χ2n) is 4.37. The topological polar surface area (TPSA) is 24.5 Å². The maximum Gasteiger partial charge on any atom is 0.142 e. The molecule has 1 aliphatic rings. The molecule has 1 fully saturated rings. The van der Waals surface area contributed by atoms with Gasteiger partial charge in [-0.3, -0.25) is 0 Å². The van der Waals surface area contributed by atoms with Gasteiger partial charge >= 0.3 is 0 Å². The van der Waals surface area contributed by atoms with Gasteiger partial charge in [0, 0.05) is 26.2 Å². The molecule has 0 unspecified atom stereocenters. The van der Waals surface area contributed by atoms with Crippen molar-refractivity contribution >= 4 is 5.69 Å². The first-order valence-corrected chi connectivity index (χ1v) is 5.99. The van der Waals surface area contributed by atoms with Gasteiger partial charge in [-0.1, -0.05) is 12.1 Å². The van der Waals surface area contributed by atoms with E-state index in [0.29, 0.717) is 0 Å². The molecule has 2 rings (SSSR count). The molecule has 0 saturated carbocycles. The molecule has 1 aromatic carbocycles. The van der Waals surface area contributed by atoms with Crippen LogP contribution in [0.5, 0.6) is 5.75 Å². The predicted molar refractivity (Wildman–Crippen MR) is 67.3 cm³/mol. The molecular formula is C13H20N2O. The average molecular weight is 220 g/mol. The molecule has 3 nitrogen and oxygen atoms in total. The van der Waals surface area contributed by atoms with E-state index in [1.807, 2.05) is 6.07 Å². The normalized spacial score (nSPS) is 16.6. The third kappa shape index (κ3) is 2.67. The van der Waals surface area contributed by atoms with Crippen LogP contribution in [0.1, 0.15) is 13.8 Å². The van der Waals surface area contributed by atoms with Crippen LogP contribution in [0.25, 0.3) is 0 Å². The van der Waals surface area contributed by atoms with E-state index in [-0.39, 0.29) is 6.10 Å². The molecule has 0 bridgehead atoms. The van der Waals surface area contributed by atoms with Crippen LogP contribution >= 0.6 is 0 Å². The van der Waals surface area contributed by atoms with E-state index in [4.69, 9.17) is 4.74 Å². The number of rotatable bonds is 3. The second kappa shape index (κ2) is 5.21. The summed E-state index contributed by atoms with van der Waals surface area (Å²) in [7, 11) is 0. The number of piperazine rings is 1. The summed E-state index contributed by atoms with van der Waals surface area (Å²) in [6.45, 7) is 8.34. The van der Waals surface area contributed by atoms with Crippen molar-refractivity contribution in [3.05, 3.63) is 24.3 Å². The lowest BCUT2D eigenvalue weighted by Gasteiger charge is -2.31. The van der Waals surface area contributed by atoms with E-state index in [9.17, 15) is 0 Å². The maximum atomic E-state index is 5.84. The lowest BCUT2D eigenvalue weighted by molar-refractivity contribution is 0.242. The summed E-state index contributed by atoms with van der Waals surface area (Å²) in [5.74, 6) is 0.999. The van der Waals surface area contributed by atoms with Crippen LogP contribution in [0, 0.1) is 0 Å². The zero-order chi connectivity index (χ0) is 11.4. The maximum absolute atomic E-state index is 5.84. The lowest BCUT2D eigenvalue weighted by atomic mass is 10.2. The van der Waals surface area contributed by atoms with Gasteiger partial charge in [0.1, 0.15) is 5.75 Å². The van der Waals surface area contributed by atoms with Crippen molar-refractivity contribution in [2.75, 3.05) is 31.1 Å². The summed E-state index contributed by atoms with van der Waals surface area (Å²) >= 11 is 0. The Bertz CT molecular complexity index is 332. The van der Waals surface area contributed by atoms with Gasteiger partial charge in [0.05, 0.1) is 11.8 Å². The van der Waals surface area contributed by atoms with Crippen molar-refractivity contribution in [1.82, 2.24) is 5.32 Å². The number of anilines is 1. The standard InChI is InChI=1S/C13H20N2O/c1-11(2)16-13-6-4-3-5-12(13)15-9-7-14-8-10-15/h3-6,11,14H,7-10H2,1-2H3. The highest BCUT2D eigenvalue weighted by molar-refractivity contribution is 5.58. The molecule has 88 valence electrons. The van der Waals surface area contributed by atoms with Crippen LogP contribution < -0.4 is 15.0 Å². The van der Waals surface area contributed by atoms with Gasteiger partial charge in [0.25, 0.3) is 0 Å².